The van der Waals surface area contributed by atoms with Crippen molar-refractivity contribution in [2.45, 2.75) is 20.3 Å². The lowest BCUT2D eigenvalue weighted by atomic mass is 10.2. The Labute approximate surface area is 125 Å². The molecule has 0 aromatic carbocycles. The van der Waals surface area contributed by atoms with Crippen molar-refractivity contribution in [2.24, 2.45) is 10.9 Å². The monoisotopic (exact) mass is 293 g/mol. The minimum absolute atomic E-state index is 0.0771. The Morgan fingerprint density at radius 2 is 2.10 bits per heavy atom. The molecule has 0 aliphatic heterocycles. The molecule has 0 aliphatic carbocycles. The molecule has 0 radical (unpaired) electrons. The molecule has 7 nitrogen and oxygen atoms in total. The first-order valence-corrected chi connectivity index (χ1v) is 6.96. The molecule has 0 unspecified atom stereocenters. The second-order valence-corrected chi connectivity index (χ2v) is 4.64. The van der Waals surface area contributed by atoms with Gasteiger partial charge in [0.15, 0.2) is 0 Å². The fourth-order valence-corrected chi connectivity index (χ4v) is 1.91. The molecule has 0 saturated carbocycles. The number of oxime groups is 1. The molecule has 1 aromatic rings. The number of aromatic nitrogens is 1. The summed E-state index contributed by atoms with van der Waals surface area (Å²) in [5.74, 6) is 0.0991. The van der Waals surface area contributed by atoms with E-state index in [1.165, 1.54) is 0 Å². The van der Waals surface area contributed by atoms with Crippen LogP contribution in [0.4, 0.5) is 5.69 Å². The van der Waals surface area contributed by atoms with E-state index in [-0.39, 0.29) is 11.7 Å². The number of carbonyl (C=O) groups excluding carboxylic acids is 1. The molecule has 1 amide bonds. The first kappa shape index (κ1) is 16.7. The Kier molecular flexibility index (Phi) is 6.45. The standard InChI is InChI=1S/C14H23N5O2/c1-4-19(5-2)14(20)12-10-11(6-8-16-12)18(3)9-7-13(15)17-21/h6,8,10,21H,4-5,7,9H2,1-3H3,(H2,15,17). The second-order valence-electron chi connectivity index (χ2n) is 4.64. The molecular weight excluding hydrogens is 270 g/mol. The lowest BCUT2D eigenvalue weighted by Gasteiger charge is -2.21. The average Bonchev–Trinajstić information content (AvgIpc) is 2.53. The molecule has 1 rings (SSSR count). The Morgan fingerprint density at radius 1 is 1.43 bits per heavy atom. The Hall–Kier alpha value is -2.31. The van der Waals surface area contributed by atoms with E-state index in [1.54, 1.807) is 17.2 Å². The normalized spacial score (nSPS) is 11.3. The minimum atomic E-state index is -0.0771. The zero-order valence-electron chi connectivity index (χ0n) is 12.8. The van der Waals surface area contributed by atoms with Gasteiger partial charge >= 0.3 is 0 Å². The summed E-state index contributed by atoms with van der Waals surface area (Å²) in [4.78, 5) is 20.1. The van der Waals surface area contributed by atoms with E-state index < -0.39 is 0 Å². The van der Waals surface area contributed by atoms with E-state index in [9.17, 15) is 4.79 Å². The van der Waals surface area contributed by atoms with Crippen LogP contribution in [-0.2, 0) is 0 Å². The quantitative estimate of drug-likeness (QED) is 0.340. The zero-order chi connectivity index (χ0) is 15.8. The number of nitrogens with two attached hydrogens (primary N) is 1. The van der Waals surface area contributed by atoms with Crippen LogP contribution in [0.15, 0.2) is 23.5 Å². The number of pyridine rings is 1. The van der Waals surface area contributed by atoms with E-state index in [0.29, 0.717) is 31.7 Å². The minimum Gasteiger partial charge on any atom is -0.409 e. The number of hydrogen-bond donors (Lipinski definition) is 2. The van der Waals surface area contributed by atoms with E-state index in [0.717, 1.165) is 5.69 Å². The highest BCUT2D eigenvalue weighted by Crippen LogP contribution is 2.14. The van der Waals surface area contributed by atoms with Gasteiger partial charge in [-0.05, 0) is 26.0 Å². The molecule has 0 spiro atoms. The van der Waals surface area contributed by atoms with Crippen molar-refractivity contribution in [1.82, 2.24) is 9.88 Å². The summed E-state index contributed by atoms with van der Waals surface area (Å²) in [5, 5.41) is 11.5. The third-order valence-electron chi connectivity index (χ3n) is 3.29. The maximum absolute atomic E-state index is 12.3. The van der Waals surface area contributed by atoms with Gasteiger partial charge in [0.05, 0.1) is 0 Å². The topological polar surface area (TPSA) is 95.1 Å². The Morgan fingerprint density at radius 3 is 2.67 bits per heavy atom. The van der Waals surface area contributed by atoms with E-state index in [1.807, 2.05) is 31.9 Å². The Balaban J connectivity index is 2.82. The Bertz CT molecular complexity index is 500. The molecule has 1 heterocycles. The smallest absolute Gasteiger partial charge is 0.272 e. The average molecular weight is 293 g/mol. The molecule has 116 valence electrons. The van der Waals surface area contributed by atoms with Crippen LogP contribution in [0.25, 0.3) is 0 Å². The van der Waals surface area contributed by atoms with Gasteiger partial charge < -0.3 is 20.7 Å². The second kappa shape index (κ2) is 8.08. The van der Waals surface area contributed by atoms with Gasteiger partial charge in [-0.1, -0.05) is 5.16 Å². The van der Waals surface area contributed by atoms with Crippen LogP contribution >= 0.6 is 0 Å². The third kappa shape index (κ3) is 4.62. The summed E-state index contributed by atoms with van der Waals surface area (Å²) in [7, 11) is 1.88. The molecule has 21 heavy (non-hydrogen) atoms. The highest BCUT2D eigenvalue weighted by Gasteiger charge is 2.15. The SMILES string of the molecule is CCN(CC)C(=O)c1cc(N(C)CC/C(N)=N/O)ccn1. The van der Waals surface area contributed by atoms with Crippen LogP contribution in [0.3, 0.4) is 0 Å². The van der Waals surface area contributed by atoms with Crippen LogP contribution in [0, 0.1) is 0 Å². The predicted molar refractivity (Wildman–Crippen MR) is 82.8 cm³/mol. The van der Waals surface area contributed by atoms with Crippen molar-refractivity contribution in [3.8, 4) is 0 Å². The van der Waals surface area contributed by atoms with Crippen LogP contribution in [0.5, 0.6) is 0 Å². The molecule has 0 bridgehead atoms. The van der Waals surface area contributed by atoms with E-state index in [2.05, 4.69) is 10.1 Å². The van der Waals surface area contributed by atoms with Crippen molar-refractivity contribution >= 4 is 17.4 Å². The van der Waals surface area contributed by atoms with Crippen LogP contribution in [-0.4, -0.2) is 53.5 Å². The van der Waals surface area contributed by atoms with Crippen molar-refractivity contribution < 1.29 is 10.0 Å². The van der Waals surface area contributed by atoms with Crippen molar-refractivity contribution in [2.75, 3.05) is 31.6 Å². The van der Waals surface area contributed by atoms with Crippen LogP contribution in [0.2, 0.25) is 0 Å². The number of amides is 1. The summed E-state index contributed by atoms with van der Waals surface area (Å²) < 4.78 is 0. The maximum Gasteiger partial charge on any atom is 0.272 e. The molecule has 0 aliphatic rings. The highest BCUT2D eigenvalue weighted by atomic mass is 16.4. The number of amidine groups is 1. The molecule has 0 fully saturated rings. The molecule has 0 atom stereocenters. The van der Waals surface area contributed by atoms with Gasteiger partial charge in [0, 0.05) is 45.0 Å². The first-order chi connectivity index (χ1) is 10.0. The van der Waals surface area contributed by atoms with Gasteiger partial charge in [-0.15, -0.1) is 0 Å². The van der Waals surface area contributed by atoms with Crippen LogP contribution < -0.4 is 10.6 Å². The van der Waals surface area contributed by atoms with Gasteiger partial charge in [-0.25, -0.2) is 0 Å². The summed E-state index contributed by atoms with van der Waals surface area (Å²) in [5.41, 5.74) is 6.74. The van der Waals surface area contributed by atoms with Gasteiger partial charge in [0.1, 0.15) is 11.5 Å². The summed E-state index contributed by atoms with van der Waals surface area (Å²) in [6.07, 6.45) is 2.06. The van der Waals surface area contributed by atoms with Crippen molar-refractivity contribution in [3.05, 3.63) is 24.0 Å². The third-order valence-corrected chi connectivity index (χ3v) is 3.29. The number of anilines is 1. The molecule has 7 heteroatoms. The predicted octanol–water partition coefficient (Wildman–Crippen LogP) is 1.14. The largest absolute Gasteiger partial charge is 0.409 e. The number of carbonyl (C=O) groups is 1. The van der Waals surface area contributed by atoms with Gasteiger partial charge in [0.2, 0.25) is 0 Å². The lowest BCUT2D eigenvalue weighted by Crippen LogP contribution is -2.31. The first-order valence-electron chi connectivity index (χ1n) is 6.96. The molecule has 0 saturated heterocycles. The number of hydrogen-bond acceptors (Lipinski definition) is 5. The molecular formula is C14H23N5O2. The van der Waals surface area contributed by atoms with Gasteiger partial charge in [-0.3, -0.25) is 9.78 Å². The van der Waals surface area contributed by atoms with E-state index in [4.69, 9.17) is 10.9 Å². The fourth-order valence-electron chi connectivity index (χ4n) is 1.91. The number of rotatable bonds is 7. The zero-order valence-corrected chi connectivity index (χ0v) is 12.8. The summed E-state index contributed by atoms with van der Waals surface area (Å²) in [6, 6.07) is 3.58. The van der Waals surface area contributed by atoms with Crippen molar-refractivity contribution in [1.29, 1.82) is 0 Å². The van der Waals surface area contributed by atoms with Gasteiger partial charge in [0.25, 0.3) is 5.91 Å². The van der Waals surface area contributed by atoms with Crippen molar-refractivity contribution in [3.63, 3.8) is 0 Å². The van der Waals surface area contributed by atoms with E-state index >= 15 is 0 Å². The number of nitrogens with zero attached hydrogens (tertiary/aromatic N) is 4. The summed E-state index contributed by atoms with van der Waals surface area (Å²) in [6.45, 7) is 5.77. The maximum atomic E-state index is 12.3. The fraction of sp³-hybridized carbons (Fsp3) is 0.500. The lowest BCUT2D eigenvalue weighted by molar-refractivity contribution is 0.0767. The van der Waals surface area contributed by atoms with Crippen LogP contribution in [0.1, 0.15) is 30.8 Å². The van der Waals surface area contributed by atoms with Gasteiger partial charge in [-0.2, -0.15) is 0 Å². The molecule has 3 N–H and O–H groups in total. The highest BCUT2D eigenvalue weighted by molar-refractivity contribution is 5.93. The summed E-state index contributed by atoms with van der Waals surface area (Å²) >= 11 is 0. The molecule has 1 aromatic heterocycles.